The normalized spacial score (nSPS) is 13.9. The number of aromatic nitrogens is 1. The van der Waals surface area contributed by atoms with Crippen LogP contribution in [-0.4, -0.2) is 41.5 Å². The average molecular weight is 420 g/mol. The van der Waals surface area contributed by atoms with Gasteiger partial charge in [-0.15, -0.1) is 0 Å². The minimum atomic E-state index is 0.141. The molecule has 2 N–H and O–H groups in total. The number of fused-ring (bicyclic) bond motifs is 1. The third-order valence-electron chi connectivity index (χ3n) is 5.72. The summed E-state index contributed by atoms with van der Waals surface area (Å²) in [5.41, 5.74) is 2.27. The number of amides is 1. The minimum Gasteiger partial charge on any atom is -0.361 e. The van der Waals surface area contributed by atoms with Gasteiger partial charge in [-0.1, -0.05) is 39.3 Å². The number of H-pyrrole nitrogens is 1. The summed E-state index contributed by atoms with van der Waals surface area (Å²) in [5.74, 6) is 0.843. The van der Waals surface area contributed by atoms with Gasteiger partial charge in [-0.25, -0.2) is 0 Å². The summed E-state index contributed by atoms with van der Waals surface area (Å²) in [6.07, 6.45) is 5.66. The maximum Gasteiger partial charge on any atom is 0.220 e. The van der Waals surface area contributed by atoms with Gasteiger partial charge in [-0.05, 0) is 81.4 Å². The van der Waals surface area contributed by atoms with E-state index >= 15 is 0 Å². The van der Waals surface area contributed by atoms with Crippen molar-refractivity contribution in [3.63, 3.8) is 0 Å². The van der Waals surface area contributed by atoms with Crippen LogP contribution in [0.25, 0.3) is 10.9 Å². The van der Waals surface area contributed by atoms with Crippen LogP contribution in [0.2, 0.25) is 5.02 Å². The Kier molecular flexibility index (Phi) is 9.51. The van der Waals surface area contributed by atoms with Crippen molar-refractivity contribution in [3.8, 4) is 0 Å². The summed E-state index contributed by atoms with van der Waals surface area (Å²) in [7, 11) is 0. The Bertz CT molecular complexity index is 767. The SMILES string of the molecule is CCN(CC)CCC[C@@H](C)NC(=O)C[C@@H](CC(C)C)c1c[nH]c2ccc(Cl)cc12. The highest BCUT2D eigenvalue weighted by Gasteiger charge is 2.21. The highest BCUT2D eigenvalue weighted by atomic mass is 35.5. The molecule has 162 valence electrons. The molecule has 0 saturated carbocycles. The second-order valence-electron chi connectivity index (χ2n) is 8.60. The monoisotopic (exact) mass is 419 g/mol. The van der Waals surface area contributed by atoms with Crippen molar-refractivity contribution in [1.82, 2.24) is 15.2 Å². The number of carbonyl (C=O) groups excluding carboxylic acids is 1. The van der Waals surface area contributed by atoms with Crippen LogP contribution in [0.4, 0.5) is 0 Å². The van der Waals surface area contributed by atoms with E-state index < -0.39 is 0 Å². The van der Waals surface area contributed by atoms with Crippen LogP contribution in [0.1, 0.15) is 71.8 Å². The summed E-state index contributed by atoms with van der Waals surface area (Å²) in [4.78, 5) is 18.6. The molecule has 5 heteroatoms. The van der Waals surface area contributed by atoms with Crippen LogP contribution in [-0.2, 0) is 4.79 Å². The zero-order chi connectivity index (χ0) is 21.4. The van der Waals surface area contributed by atoms with Gasteiger partial charge < -0.3 is 15.2 Å². The van der Waals surface area contributed by atoms with Crippen molar-refractivity contribution >= 4 is 28.4 Å². The molecule has 1 aromatic heterocycles. The third kappa shape index (κ3) is 7.35. The van der Waals surface area contributed by atoms with Crippen molar-refractivity contribution < 1.29 is 4.79 Å². The minimum absolute atomic E-state index is 0.141. The van der Waals surface area contributed by atoms with E-state index in [1.54, 1.807) is 0 Å². The van der Waals surface area contributed by atoms with E-state index in [0.29, 0.717) is 12.3 Å². The summed E-state index contributed by atoms with van der Waals surface area (Å²) < 4.78 is 0. The average Bonchev–Trinajstić information content (AvgIpc) is 3.07. The number of benzene rings is 1. The molecule has 1 aromatic carbocycles. The molecular weight excluding hydrogens is 382 g/mol. The Hall–Kier alpha value is -1.52. The van der Waals surface area contributed by atoms with Crippen LogP contribution in [0, 0.1) is 5.92 Å². The fourth-order valence-electron chi connectivity index (χ4n) is 4.13. The van der Waals surface area contributed by atoms with Crippen LogP contribution in [0.5, 0.6) is 0 Å². The van der Waals surface area contributed by atoms with Gasteiger partial charge in [0.2, 0.25) is 5.91 Å². The second-order valence-corrected chi connectivity index (χ2v) is 9.04. The molecule has 0 fully saturated rings. The van der Waals surface area contributed by atoms with Crippen molar-refractivity contribution in [2.75, 3.05) is 19.6 Å². The largest absolute Gasteiger partial charge is 0.361 e. The molecule has 4 nitrogen and oxygen atoms in total. The molecule has 2 rings (SSSR count). The topological polar surface area (TPSA) is 48.1 Å². The number of hydrogen-bond acceptors (Lipinski definition) is 2. The molecule has 2 aromatic rings. The first-order valence-corrected chi connectivity index (χ1v) is 11.5. The fraction of sp³-hybridized carbons (Fsp3) is 0.625. The fourth-order valence-corrected chi connectivity index (χ4v) is 4.30. The van der Waals surface area contributed by atoms with Gasteiger partial charge in [0.1, 0.15) is 0 Å². The van der Waals surface area contributed by atoms with Crippen LogP contribution >= 0.6 is 11.6 Å². The number of halogens is 1. The van der Waals surface area contributed by atoms with Crippen molar-refractivity contribution in [2.24, 2.45) is 5.92 Å². The number of nitrogens with one attached hydrogen (secondary N) is 2. The van der Waals surface area contributed by atoms with Gasteiger partial charge in [0.25, 0.3) is 0 Å². The maximum atomic E-state index is 12.8. The first-order chi connectivity index (χ1) is 13.8. The molecule has 0 spiro atoms. The standard InChI is InChI=1S/C24H38ClN3O/c1-6-28(7-2)12-8-9-18(5)27-24(29)14-19(13-17(3)4)22-16-26-23-11-10-20(25)15-21(22)23/h10-11,15-19,26H,6-9,12-14H2,1-5H3,(H,27,29)/t18-,19-/m1/s1. The molecule has 0 aliphatic carbocycles. The first-order valence-electron chi connectivity index (χ1n) is 11.1. The van der Waals surface area contributed by atoms with E-state index in [1.165, 1.54) is 5.56 Å². The molecule has 1 amide bonds. The molecular formula is C24H38ClN3O. The number of hydrogen-bond donors (Lipinski definition) is 2. The number of carbonyl (C=O) groups is 1. The lowest BCUT2D eigenvalue weighted by atomic mass is 9.87. The van der Waals surface area contributed by atoms with E-state index in [2.05, 4.69) is 56.0 Å². The molecule has 0 unspecified atom stereocenters. The van der Waals surface area contributed by atoms with E-state index in [1.807, 2.05) is 18.2 Å². The van der Waals surface area contributed by atoms with Crippen LogP contribution < -0.4 is 5.32 Å². The number of rotatable bonds is 12. The van der Waals surface area contributed by atoms with E-state index in [4.69, 9.17) is 11.6 Å². The molecule has 2 atom stereocenters. The summed E-state index contributed by atoms with van der Waals surface area (Å²) in [6, 6.07) is 6.11. The quantitative estimate of drug-likeness (QED) is 0.445. The first kappa shape index (κ1) is 23.8. The van der Waals surface area contributed by atoms with E-state index in [9.17, 15) is 4.79 Å². The Labute approximate surface area is 181 Å². The van der Waals surface area contributed by atoms with Crippen LogP contribution in [0.15, 0.2) is 24.4 Å². The maximum absolute atomic E-state index is 12.8. The van der Waals surface area contributed by atoms with Gasteiger partial charge >= 0.3 is 0 Å². The molecule has 0 saturated heterocycles. The Balaban J connectivity index is 1.98. The molecule has 1 heterocycles. The molecule has 0 aliphatic rings. The predicted molar refractivity (Wildman–Crippen MR) is 125 cm³/mol. The lowest BCUT2D eigenvalue weighted by Crippen LogP contribution is -2.34. The van der Waals surface area contributed by atoms with Gasteiger partial charge in [0.15, 0.2) is 0 Å². The van der Waals surface area contributed by atoms with E-state index in [0.717, 1.165) is 54.8 Å². The van der Waals surface area contributed by atoms with Crippen molar-refractivity contribution in [2.45, 2.75) is 72.3 Å². The lowest BCUT2D eigenvalue weighted by Gasteiger charge is -2.22. The van der Waals surface area contributed by atoms with Crippen molar-refractivity contribution in [3.05, 3.63) is 35.0 Å². The second kappa shape index (κ2) is 11.6. The smallest absolute Gasteiger partial charge is 0.220 e. The van der Waals surface area contributed by atoms with Gasteiger partial charge in [0, 0.05) is 34.6 Å². The molecule has 0 aliphatic heterocycles. The van der Waals surface area contributed by atoms with Gasteiger partial charge in [0.05, 0.1) is 0 Å². The zero-order valence-electron chi connectivity index (χ0n) is 18.7. The zero-order valence-corrected chi connectivity index (χ0v) is 19.5. The summed E-state index contributed by atoms with van der Waals surface area (Å²) in [6.45, 7) is 14.2. The summed E-state index contributed by atoms with van der Waals surface area (Å²) >= 11 is 6.23. The third-order valence-corrected chi connectivity index (χ3v) is 5.95. The Morgan fingerprint density at radius 2 is 1.93 bits per heavy atom. The highest BCUT2D eigenvalue weighted by Crippen LogP contribution is 2.34. The summed E-state index contributed by atoms with van der Waals surface area (Å²) in [5, 5.41) is 5.08. The molecule has 0 bridgehead atoms. The predicted octanol–water partition coefficient (Wildman–Crippen LogP) is 5.97. The number of nitrogens with zero attached hydrogens (tertiary/aromatic N) is 1. The van der Waals surface area contributed by atoms with E-state index in [-0.39, 0.29) is 17.9 Å². The van der Waals surface area contributed by atoms with Crippen LogP contribution in [0.3, 0.4) is 0 Å². The number of aromatic amines is 1. The van der Waals surface area contributed by atoms with Gasteiger partial charge in [-0.2, -0.15) is 0 Å². The lowest BCUT2D eigenvalue weighted by molar-refractivity contribution is -0.122. The molecule has 0 radical (unpaired) electrons. The Morgan fingerprint density at radius 3 is 2.59 bits per heavy atom. The molecule has 29 heavy (non-hydrogen) atoms. The van der Waals surface area contributed by atoms with Gasteiger partial charge in [-0.3, -0.25) is 4.79 Å². The highest BCUT2D eigenvalue weighted by molar-refractivity contribution is 6.31. The van der Waals surface area contributed by atoms with Crippen molar-refractivity contribution in [1.29, 1.82) is 0 Å². The Morgan fingerprint density at radius 1 is 1.21 bits per heavy atom.